The Morgan fingerprint density at radius 3 is 2.85 bits per heavy atom. The van der Waals surface area contributed by atoms with Gasteiger partial charge in [0.05, 0.1) is 17.5 Å². The molecule has 0 N–H and O–H groups in total. The lowest BCUT2D eigenvalue weighted by atomic mass is 10.3. The van der Waals surface area contributed by atoms with E-state index in [1.54, 1.807) is 4.68 Å². The van der Waals surface area contributed by atoms with Crippen molar-refractivity contribution in [2.75, 3.05) is 11.5 Å². The van der Waals surface area contributed by atoms with Crippen LogP contribution in [0.1, 0.15) is 18.3 Å². The molecule has 6 heteroatoms. The fourth-order valence-electron chi connectivity index (χ4n) is 1.63. The molecule has 72 valence electrons. The Hall–Kier alpha value is -0.910. The van der Waals surface area contributed by atoms with Crippen LogP contribution in [0.15, 0.2) is 6.33 Å². The van der Waals surface area contributed by atoms with Crippen LogP contribution < -0.4 is 0 Å². The van der Waals surface area contributed by atoms with Crippen LogP contribution in [0, 0.1) is 6.92 Å². The van der Waals surface area contributed by atoms with Crippen molar-refractivity contribution in [3.63, 3.8) is 0 Å². The highest BCUT2D eigenvalue weighted by molar-refractivity contribution is 7.91. The summed E-state index contributed by atoms with van der Waals surface area (Å²) in [4.78, 5) is 3.97. The molecule has 2 heterocycles. The van der Waals surface area contributed by atoms with Gasteiger partial charge in [0, 0.05) is 0 Å². The van der Waals surface area contributed by atoms with Gasteiger partial charge < -0.3 is 0 Å². The first-order chi connectivity index (χ1) is 6.08. The van der Waals surface area contributed by atoms with Gasteiger partial charge >= 0.3 is 0 Å². The molecular formula is C7H11N3O2S. The lowest BCUT2D eigenvalue weighted by Crippen LogP contribution is -2.13. The number of aryl methyl sites for hydroxylation is 1. The number of hydrogen-bond donors (Lipinski definition) is 0. The molecule has 1 atom stereocenters. The molecule has 13 heavy (non-hydrogen) atoms. The van der Waals surface area contributed by atoms with E-state index < -0.39 is 9.84 Å². The van der Waals surface area contributed by atoms with Crippen LogP contribution in [0.25, 0.3) is 0 Å². The van der Waals surface area contributed by atoms with E-state index in [0.717, 1.165) is 5.82 Å². The highest BCUT2D eigenvalue weighted by atomic mass is 32.2. The maximum atomic E-state index is 11.2. The largest absolute Gasteiger partial charge is 0.246 e. The van der Waals surface area contributed by atoms with E-state index in [1.807, 2.05) is 6.92 Å². The Morgan fingerprint density at radius 1 is 1.62 bits per heavy atom. The zero-order chi connectivity index (χ0) is 9.47. The monoisotopic (exact) mass is 201 g/mol. The first-order valence-electron chi connectivity index (χ1n) is 4.15. The SMILES string of the molecule is Cc1ncnn1C1CCS(=O)(=O)C1. The summed E-state index contributed by atoms with van der Waals surface area (Å²) in [5.74, 6) is 1.26. The fraction of sp³-hybridized carbons (Fsp3) is 0.714. The number of hydrogen-bond acceptors (Lipinski definition) is 4. The summed E-state index contributed by atoms with van der Waals surface area (Å²) >= 11 is 0. The van der Waals surface area contributed by atoms with Gasteiger partial charge in [-0.15, -0.1) is 0 Å². The van der Waals surface area contributed by atoms with Crippen LogP contribution in [0.4, 0.5) is 0 Å². The molecule has 1 aliphatic heterocycles. The Morgan fingerprint density at radius 2 is 2.38 bits per heavy atom. The molecule has 1 unspecified atom stereocenters. The maximum absolute atomic E-state index is 11.2. The second-order valence-electron chi connectivity index (χ2n) is 3.31. The lowest BCUT2D eigenvalue weighted by molar-refractivity contribution is 0.486. The van der Waals surface area contributed by atoms with E-state index >= 15 is 0 Å². The highest BCUT2D eigenvalue weighted by Gasteiger charge is 2.30. The molecular weight excluding hydrogens is 190 g/mol. The molecule has 1 aromatic heterocycles. The minimum Gasteiger partial charge on any atom is -0.246 e. The first kappa shape index (κ1) is 8.68. The summed E-state index contributed by atoms with van der Waals surface area (Å²) in [5, 5.41) is 4.00. The molecule has 0 spiro atoms. The normalized spacial score (nSPS) is 26.4. The van der Waals surface area contributed by atoms with Gasteiger partial charge in [0.15, 0.2) is 9.84 Å². The predicted octanol–water partition coefficient (Wildman–Crippen LogP) is -0.0539. The molecule has 0 aromatic carbocycles. The Labute approximate surface area is 76.7 Å². The van der Waals surface area contributed by atoms with E-state index in [4.69, 9.17) is 0 Å². The topological polar surface area (TPSA) is 64.8 Å². The van der Waals surface area contributed by atoms with Gasteiger partial charge in [-0.3, -0.25) is 0 Å². The van der Waals surface area contributed by atoms with Crippen molar-refractivity contribution < 1.29 is 8.42 Å². The van der Waals surface area contributed by atoms with Crippen molar-refractivity contribution >= 4 is 9.84 Å². The van der Waals surface area contributed by atoms with Gasteiger partial charge in [-0.05, 0) is 13.3 Å². The average molecular weight is 201 g/mol. The van der Waals surface area contributed by atoms with E-state index in [-0.39, 0.29) is 17.5 Å². The zero-order valence-electron chi connectivity index (χ0n) is 7.34. The van der Waals surface area contributed by atoms with Crippen LogP contribution in [0.2, 0.25) is 0 Å². The van der Waals surface area contributed by atoms with Crippen molar-refractivity contribution in [2.45, 2.75) is 19.4 Å². The molecule has 0 saturated carbocycles. The third kappa shape index (κ3) is 1.58. The van der Waals surface area contributed by atoms with Crippen molar-refractivity contribution in [3.05, 3.63) is 12.2 Å². The summed E-state index contributed by atoms with van der Waals surface area (Å²) in [6.07, 6.45) is 2.12. The molecule has 0 aliphatic carbocycles. The second-order valence-corrected chi connectivity index (χ2v) is 5.54. The Bertz CT molecular complexity index is 409. The minimum absolute atomic E-state index is 0.00694. The van der Waals surface area contributed by atoms with Gasteiger partial charge in [0.25, 0.3) is 0 Å². The highest BCUT2D eigenvalue weighted by Crippen LogP contribution is 2.22. The number of sulfone groups is 1. The summed E-state index contributed by atoms with van der Waals surface area (Å²) in [7, 11) is -2.83. The van der Waals surface area contributed by atoms with Crippen LogP contribution in [0.5, 0.6) is 0 Å². The van der Waals surface area contributed by atoms with Crippen LogP contribution >= 0.6 is 0 Å². The standard InChI is InChI=1S/C7H11N3O2S/c1-6-8-5-9-10(6)7-2-3-13(11,12)4-7/h5,7H,2-4H2,1H3. The van der Waals surface area contributed by atoms with E-state index in [1.165, 1.54) is 6.33 Å². The molecule has 0 amide bonds. The summed E-state index contributed by atoms with van der Waals surface area (Å²) < 4.78 is 24.1. The number of rotatable bonds is 1. The smallest absolute Gasteiger partial charge is 0.152 e. The summed E-state index contributed by atoms with van der Waals surface area (Å²) in [6, 6.07) is -0.00694. The summed E-state index contributed by atoms with van der Waals surface area (Å²) in [5.41, 5.74) is 0. The first-order valence-corrected chi connectivity index (χ1v) is 5.97. The lowest BCUT2D eigenvalue weighted by Gasteiger charge is -2.08. The molecule has 1 saturated heterocycles. The number of nitrogens with zero attached hydrogens (tertiary/aromatic N) is 3. The van der Waals surface area contributed by atoms with Gasteiger partial charge in [0.1, 0.15) is 12.2 Å². The van der Waals surface area contributed by atoms with E-state index in [2.05, 4.69) is 10.1 Å². The number of aromatic nitrogens is 3. The van der Waals surface area contributed by atoms with Crippen LogP contribution in [-0.2, 0) is 9.84 Å². The molecule has 1 fully saturated rings. The van der Waals surface area contributed by atoms with E-state index in [0.29, 0.717) is 6.42 Å². The van der Waals surface area contributed by atoms with Gasteiger partial charge in [-0.1, -0.05) is 0 Å². The Balaban J connectivity index is 2.26. The van der Waals surface area contributed by atoms with Crippen molar-refractivity contribution in [1.29, 1.82) is 0 Å². The van der Waals surface area contributed by atoms with Crippen molar-refractivity contribution in [2.24, 2.45) is 0 Å². The van der Waals surface area contributed by atoms with Gasteiger partial charge in [0.2, 0.25) is 0 Å². The zero-order valence-corrected chi connectivity index (χ0v) is 8.16. The quantitative estimate of drug-likeness (QED) is 0.638. The molecule has 1 aliphatic rings. The molecule has 1 aromatic rings. The molecule has 0 radical (unpaired) electrons. The van der Waals surface area contributed by atoms with Crippen LogP contribution in [-0.4, -0.2) is 34.7 Å². The maximum Gasteiger partial charge on any atom is 0.152 e. The second kappa shape index (κ2) is 2.80. The Kier molecular flexibility index (Phi) is 1.87. The predicted molar refractivity (Wildman–Crippen MR) is 47.1 cm³/mol. The van der Waals surface area contributed by atoms with Crippen molar-refractivity contribution in [1.82, 2.24) is 14.8 Å². The van der Waals surface area contributed by atoms with Crippen LogP contribution in [0.3, 0.4) is 0 Å². The minimum atomic E-state index is -2.83. The summed E-state index contributed by atoms with van der Waals surface area (Å²) in [6.45, 7) is 1.83. The van der Waals surface area contributed by atoms with Crippen molar-refractivity contribution in [3.8, 4) is 0 Å². The van der Waals surface area contributed by atoms with Gasteiger partial charge in [-0.25, -0.2) is 18.1 Å². The molecule has 0 bridgehead atoms. The van der Waals surface area contributed by atoms with Gasteiger partial charge in [-0.2, -0.15) is 5.10 Å². The third-order valence-corrected chi connectivity index (χ3v) is 4.06. The fourth-order valence-corrected chi connectivity index (χ4v) is 3.33. The molecule has 5 nitrogen and oxygen atoms in total. The molecule has 2 rings (SSSR count). The average Bonchev–Trinajstić information content (AvgIpc) is 2.56. The van der Waals surface area contributed by atoms with E-state index in [9.17, 15) is 8.42 Å². The third-order valence-electron chi connectivity index (χ3n) is 2.31.